The first-order chi connectivity index (χ1) is 23.4. The summed E-state index contributed by atoms with van der Waals surface area (Å²) in [7, 11) is -4.49. The summed E-state index contributed by atoms with van der Waals surface area (Å²) >= 11 is 0. The van der Waals surface area contributed by atoms with Gasteiger partial charge >= 0.3 is 12.3 Å². The molecule has 1 unspecified atom stereocenters. The van der Waals surface area contributed by atoms with Gasteiger partial charge in [-0.1, -0.05) is 37.3 Å². The third-order valence-electron chi connectivity index (χ3n) is 7.87. The molecule has 3 heterocycles. The van der Waals surface area contributed by atoms with E-state index < -0.39 is 40.1 Å². The number of amides is 1. The van der Waals surface area contributed by atoms with E-state index in [1.165, 1.54) is 18.7 Å². The summed E-state index contributed by atoms with van der Waals surface area (Å²) in [6.45, 7) is 2.31. The SMILES string of the molecule is CCCN(Cc1ccccc1)C(=O)C1CN(c2cnc3cncnc3n2)CCN1S(=O)(=O)c1ccc(OC(F)(F)F)c(CCCC(=O)O)c1. The van der Waals surface area contributed by atoms with Crippen LogP contribution in [-0.4, -0.2) is 93.1 Å². The van der Waals surface area contributed by atoms with E-state index in [4.69, 9.17) is 5.11 Å². The highest BCUT2D eigenvalue weighted by Crippen LogP contribution is 2.32. The summed E-state index contributed by atoms with van der Waals surface area (Å²) in [6, 6.07) is 10.9. The van der Waals surface area contributed by atoms with Gasteiger partial charge in [-0.3, -0.25) is 9.59 Å². The number of aliphatic carboxylic acids is 1. The number of hydrogen-bond donors (Lipinski definition) is 1. The molecule has 1 saturated heterocycles. The Labute approximate surface area is 280 Å². The molecule has 49 heavy (non-hydrogen) atoms. The molecular weight excluding hydrogens is 667 g/mol. The smallest absolute Gasteiger partial charge is 0.481 e. The number of aryl methyl sites for hydroxylation is 1. The average Bonchev–Trinajstić information content (AvgIpc) is 3.07. The summed E-state index contributed by atoms with van der Waals surface area (Å²) in [5.41, 5.74) is 1.48. The van der Waals surface area contributed by atoms with E-state index in [2.05, 4.69) is 24.7 Å². The topological polar surface area (TPSA) is 159 Å². The minimum absolute atomic E-state index is 0.0595. The van der Waals surface area contributed by atoms with Crippen LogP contribution in [0, 0.1) is 0 Å². The minimum Gasteiger partial charge on any atom is -0.481 e. The molecule has 1 atom stereocenters. The van der Waals surface area contributed by atoms with Crippen molar-refractivity contribution in [3.8, 4) is 5.75 Å². The number of aromatic nitrogens is 4. The number of carbonyl (C=O) groups excluding carboxylic acids is 1. The molecule has 1 N–H and O–H groups in total. The lowest BCUT2D eigenvalue weighted by Crippen LogP contribution is -2.61. The first-order valence-corrected chi connectivity index (χ1v) is 16.9. The number of benzene rings is 2. The van der Waals surface area contributed by atoms with Crippen molar-refractivity contribution >= 4 is 38.9 Å². The van der Waals surface area contributed by atoms with E-state index >= 15 is 0 Å². The number of nitrogens with zero attached hydrogens (tertiary/aromatic N) is 7. The third kappa shape index (κ3) is 8.77. The van der Waals surface area contributed by atoms with Crippen LogP contribution in [0.25, 0.3) is 11.2 Å². The Morgan fingerprint density at radius 1 is 1.08 bits per heavy atom. The molecule has 17 heteroatoms. The molecule has 1 aliphatic heterocycles. The lowest BCUT2D eigenvalue weighted by Gasteiger charge is -2.41. The van der Waals surface area contributed by atoms with Crippen LogP contribution in [0.4, 0.5) is 19.0 Å². The lowest BCUT2D eigenvalue weighted by molar-refractivity contribution is -0.274. The molecule has 4 aromatic rings. The average molecular weight is 702 g/mol. The first kappa shape index (κ1) is 35.4. The van der Waals surface area contributed by atoms with Gasteiger partial charge in [0.05, 0.1) is 17.3 Å². The van der Waals surface area contributed by atoms with E-state index in [9.17, 15) is 31.2 Å². The summed E-state index contributed by atoms with van der Waals surface area (Å²) < 4.78 is 73.4. The quantitative estimate of drug-likeness (QED) is 0.214. The van der Waals surface area contributed by atoms with Gasteiger partial charge in [-0.05, 0) is 48.6 Å². The van der Waals surface area contributed by atoms with Gasteiger partial charge < -0.3 is 19.6 Å². The molecule has 5 rings (SSSR count). The molecule has 0 radical (unpaired) electrons. The summed E-state index contributed by atoms with van der Waals surface area (Å²) in [5, 5.41) is 9.05. The number of anilines is 1. The van der Waals surface area contributed by atoms with E-state index in [0.717, 1.165) is 28.1 Å². The van der Waals surface area contributed by atoms with Gasteiger partial charge in [0, 0.05) is 39.1 Å². The Balaban J connectivity index is 1.52. The molecule has 1 fully saturated rings. The Morgan fingerprint density at radius 2 is 1.86 bits per heavy atom. The lowest BCUT2D eigenvalue weighted by atomic mass is 10.1. The van der Waals surface area contributed by atoms with Crippen molar-refractivity contribution in [3.05, 3.63) is 78.4 Å². The van der Waals surface area contributed by atoms with Crippen molar-refractivity contribution in [1.29, 1.82) is 0 Å². The van der Waals surface area contributed by atoms with Gasteiger partial charge in [0.15, 0.2) is 5.65 Å². The maximum Gasteiger partial charge on any atom is 0.573 e. The van der Waals surface area contributed by atoms with Crippen LogP contribution in [0.5, 0.6) is 5.75 Å². The van der Waals surface area contributed by atoms with Crippen molar-refractivity contribution in [2.75, 3.05) is 31.1 Å². The van der Waals surface area contributed by atoms with Crippen LogP contribution in [0.3, 0.4) is 0 Å². The number of alkyl halides is 3. The number of sulfonamides is 1. The highest BCUT2D eigenvalue weighted by Gasteiger charge is 2.43. The van der Waals surface area contributed by atoms with Crippen LogP contribution < -0.4 is 9.64 Å². The van der Waals surface area contributed by atoms with E-state index in [1.54, 1.807) is 9.80 Å². The fourth-order valence-corrected chi connectivity index (χ4v) is 7.24. The van der Waals surface area contributed by atoms with Crippen molar-refractivity contribution < 1.29 is 41.0 Å². The zero-order chi connectivity index (χ0) is 35.2. The first-order valence-electron chi connectivity index (χ1n) is 15.5. The maximum absolute atomic E-state index is 14.4. The van der Waals surface area contributed by atoms with Crippen molar-refractivity contribution in [1.82, 2.24) is 29.1 Å². The van der Waals surface area contributed by atoms with Crippen molar-refractivity contribution in [2.45, 2.75) is 56.5 Å². The number of carboxylic acid groups (broad SMARTS) is 1. The van der Waals surface area contributed by atoms with Crippen LogP contribution in [-0.2, 0) is 32.6 Å². The van der Waals surface area contributed by atoms with Gasteiger partial charge in [0.1, 0.15) is 29.5 Å². The maximum atomic E-state index is 14.4. The predicted molar refractivity (Wildman–Crippen MR) is 171 cm³/mol. The molecule has 1 aliphatic rings. The van der Waals surface area contributed by atoms with Gasteiger partial charge in [-0.15, -0.1) is 13.2 Å². The fraction of sp³-hybridized carbons (Fsp3) is 0.375. The van der Waals surface area contributed by atoms with Crippen LogP contribution in [0.2, 0.25) is 0 Å². The van der Waals surface area contributed by atoms with Gasteiger partial charge in [-0.2, -0.15) is 4.31 Å². The third-order valence-corrected chi connectivity index (χ3v) is 9.78. The summed E-state index contributed by atoms with van der Waals surface area (Å²) in [4.78, 5) is 45.4. The second-order valence-electron chi connectivity index (χ2n) is 11.3. The number of hydrogen-bond acceptors (Lipinski definition) is 10. The molecule has 13 nitrogen and oxygen atoms in total. The van der Waals surface area contributed by atoms with Crippen molar-refractivity contribution in [2.24, 2.45) is 0 Å². The van der Waals surface area contributed by atoms with Crippen LogP contribution in [0.15, 0.2) is 72.1 Å². The number of ether oxygens (including phenoxy) is 1. The largest absolute Gasteiger partial charge is 0.573 e. The standard InChI is InChI=1S/C32H34F3N7O6S/c1-2-13-41(19-22-7-4-3-5-8-22)31(45)26-20-40(28-18-37-25-17-36-21-38-30(25)39-28)14-15-42(26)49(46,47)24-11-12-27(48-32(33,34)35)23(16-24)9-6-10-29(43)44/h3-5,7-8,11-12,16-18,21,26H,2,6,9-10,13-15,19-20H2,1H3,(H,43,44). The predicted octanol–water partition coefficient (Wildman–Crippen LogP) is 4.04. The van der Waals surface area contributed by atoms with Crippen LogP contribution in [0.1, 0.15) is 37.3 Å². The zero-order valence-electron chi connectivity index (χ0n) is 26.5. The van der Waals surface area contributed by atoms with Crippen LogP contribution >= 0.6 is 0 Å². The minimum atomic E-state index is -5.06. The Hall–Kier alpha value is -4.90. The number of carbonyl (C=O) groups is 2. The highest BCUT2D eigenvalue weighted by molar-refractivity contribution is 7.89. The number of piperazine rings is 1. The summed E-state index contributed by atoms with van der Waals surface area (Å²) in [5.74, 6) is -1.88. The fourth-order valence-electron chi connectivity index (χ4n) is 5.63. The highest BCUT2D eigenvalue weighted by atomic mass is 32.2. The molecule has 2 aromatic carbocycles. The Bertz CT molecular complexity index is 1900. The Morgan fingerprint density at radius 3 is 2.57 bits per heavy atom. The molecular formula is C32H34F3N7O6S. The van der Waals surface area contributed by atoms with Gasteiger partial charge in [0.25, 0.3) is 0 Å². The monoisotopic (exact) mass is 701 g/mol. The van der Waals surface area contributed by atoms with E-state index in [-0.39, 0.29) is 55.9 Å². The zero-order valence-corrected chi connectivity index (χ0v) is 27.3. The normalized spacial score (nSPS) is 15.7. The molecule has 0 spiro atoms. The molecule has 1 amide bonds. The van der Waals surface area contributed by atoms with Crippen molar-refractivity contribution in [3.63, 3.8) is 0 Å². The molecule has 260 valence electrons. The van der Waals surface area contributed by atoms with E-state index in [1.807, 2.05) is 37.3 Å². The second kappa shape index (κ2) is 15.1. The summed E-state index contributed by atoms with van der Waals surface area (Å²) in [6.07, 6.45) is -0.743. The molecule has 0 bridgehead atoms. The second-order valence-corrected chi connectivity index (χ2v) is 13.2. The Kier molecular flexibility index (Phi) is 10.9. The number of fused-ring (bicyclic) bond motifs is 1. The number of halogens is 3. The van der Waals surface area contributed by atoms with Gasteiger partial charge in [0.2, 0.25) is 15.9 Å². The van der Waals surface area contributed by atoms with Gasteiger partial charge in [-0.25, -0.2) is 28.4 Å². The number of rotatable bonds is 13. The number of carboxylic acids is 1. The van der Waals surface area contributed by atoms with E-state index in [0.29, 0.717) is 29.9 Å². The molecule has 0 saturated carbocycles. The molecule has 2 aromatic heterocycles. The molecule has 0 aliphatic carbocycles.